The highest BCUT2D eigenvalue weighted by Gasteiger charge is 2.13. The molecule has 0 aromatic heterocycles. The molecule has 0 unspecified atom stereocenters. The Morgan fingerprint density at radius 3 is 2.46 bits per heavy atom. The lowest BCUT2D eigenvalue weighted by atomic mass is 10.1. The third kappa shape index (κ3) is 4.66. The number of anilines is 2. The number of hydrogen-bond donors (Lipinski definition) is 1. The summed E-state index contributed by atoms with van der Waals surface area (Å²) in [5.41, 5.74) is 3.19. The predicted molar refractivity (Wildman–Crippen MR) is 108 cm³/mol. The molecule has 6 nitrogen and oxygen atoms in total. The predicted octanol–water partition coefficient (Wildman–Crippen LogP) is 5.45. The van der Waals surface area contributed by atoms with Gasteiger partial charge in [-0.15, -0.1) is 0 Å². The summed E-state index contributed by atoms with van der Waals surface area (Å²) in [5.74, 6) is -0.220. The first-order chi connectivity index (χ1) is 13.4. The van der Waals surface area contributed by atoms with E-state index >= 15 is 0 Å². The van der Waals surface area contributed by atoms with Crippen molar-refractivity contribution in [1.82, 2.24) is 0 Å². The van der Waals surface area contributed by atoms with Crippen LogP contribution < -0.4 is 10.1 Å². The van der Waals surface area contributed by atoms with Gasteiger partial charge in [-0.2, -0.15) is 0 Å². The van der Waals surface area contributed by atoms with Gasteiger partial charge in [-0.3, -0.25) is 14.9 Å². The molecule has 3 aromatic rings. The molecule has 0 spiro atoms. The van der Waals surface area contributed by atoms with Crippen molar-refractivity contribution in [2.45, 2.75) is 13.3 Å². The zero-order valence-corrected chi connectivity index (χ0v) is 15.8. The smallest absolute Gasteiger partial charge is 0.315 e. The van der Waals surface area contributed by atoms with Gasteiger partial charge in [0.1, 0.15) is 5.75 Å². The van der Waals surface area contributed by atoms with Crippen molar-refractivity contribution in [3.8, 4) is 5.75 Å². The van der Waals surface area contributed by atoms with E-state index in [1.807, 2.05) is 43.3 Å². The van der Waals surface area contributed by atoms with Gasteiger partial charge in [-0.1, -0.05) is 41.9 Å². The number of hydrogen-bond acceptors (Lipinski definition) is 5. The van der Waals surface area contributed by atoms with Crippen molar-refractivity contribution >= 4 is 34.6 Å². The largest absolute Gasteiger partial charge is 0.426 e. The maximum atomic E-state index is 12.3. The van der Waals surface area contributed by atoms with Crippen LogP contribution in [-0.4, -0.2) is 10.9 Å². The standard InChI is InChI=1S/C21H17ClN2O4/c1-14-5-4-7-18(22)21(14)23-19-8-3-2-6-15(19)13-20(25)28-17-11-9-16(10-12-17)24(26)27/h2-12,23H,13H2,1H3. The van der Waals surface area contributed by atoms with Gasteiger partial charge < -0.3 is 10.1 Å². The molecule has 1 N–H and O–H groups in total. The lowest BCUT2D eigenvalue weighted by Crippen LogP contribution is -2.12. The van der Waals surface area contributed by atoms with E-state index in [-0.39, 0.29) is 17.9 Å². The van der Waals surface area contributed by atoms with E-state index in [2.05, 4.69) is 5.32 Å². The number of esters is 1. The number of nitro benzene ring substituents is 1. The summed E-state index contributed by atoms with van der Waals surface area (Å²) in [6.07, 6.45) is 0.0314. The third-order valence-electron chi connectivity index (χ3n) is 4.11. The van der Waals surface area contributed by atoms with Crippen LogP contribution in [0, 0.1) is 17.0 Å². The number of carbonyl (C=O) groups excluding carboxylic acids is 1. The van der Waals surface area contributed by atoms with Crippen molar-refractivity contribution in [2.75, 3.05) is 5.32 Å². The highest BCUT2D eigenvalue weighted by atomic mass is 35.5. The highest BCUT2D eigenvalue weighted by molar-refractivity contribution is 6.33. The SMILES string of the molecule is Cc1cccc(Cl)c1Nc1ccccc1CC(=O)Oc1ccc([N+](=O)[O-])cc1. The van der Waals surface area contributed by atoms with E-state index in [4.69, 9.17) is 16.3 Å². The molecule has 0 saturated heterocycles. The Morgan fingerprint density at radius 2 is 1.79 bits per heavy atom. The van der Waals surface area contributed by atoms with Crippen LogP contribution in [-0.2, 0) is 11.2 Å². The number of ether oxygens (including phenoxy) is 1. The summed E-state index contributed by atoms with van der Waals surface area (Å²) in [5, 5.41) is 14.6. The average molecular weight is 397 g/mol. The second-order valence-corrected chi connectivity index (χ2v) is 6.52. The van der Waals surface area contributed by atoms with Crippen LogP contribution in [0.4, 0.5) is 17.1 Å². The van der Waals surface area contributed by atoms with E-state index in [1.54, 1.807) is 6.07 Å². The van der Waals surface area contributed by atoms with Gasteiger partial charge in [0.25, 0.3) is 5.69 Å². The highest BCUT2D eigenvalue weighted by Crippen LogP contribution is 2.30. The molecular weight excluding hydrogens is 380 g/mol. The molecule has 0 aliphatic carbocycles. The van der Waals surface area contributed by atoms with Crippen molar-refractivity contribution in [1.29, 1.82) is 0 Å². The topological polar surface area (TPSA) is 81.5 Å². The number of aryl methyl sites for hydroxylation is 1. The number of benzene rings is 3. The summed E-state index contributed by atoms with van der Waals surface area (Å²) in [4.78, 5) is 22.5. The summed E-state index contributed by atoms with van der Waals surface area (Å²) >= 11 is 6.28. The first-order valence-corrected chi connectivity index (χ1v) is 8.87. The fraction of sp³-hybridized carbons (Fsp3) is 0.0952. The van der Waals surface area contributed by atoms with Crippen LogP contribution in [0.5, 0.6) is 5.75 Å². The van der Waals surface area contributed by atoms with Crippen LogP contribution in [0.15, 0.2) is 66.7 Å². The lowest BCUT2D eigenvalue weighted by molar-refractivity contribution is -0.384. The Hall–Kier alpha value is -3.38. The second-order valence-electron chi connectivity index (χ2n) is 6.12. The zero-order valence-electron chi connectivity index (χ0n) is 15.0. The number of nitrogens with zero attached hydrogens (tertiary/aromatic N) is 1. The first kappa shape index (κ1) is 19.4. The van der Waals surface area contributed by atoms with Gasteiger partial charge in [0.15, 0.2) is 0 Å². The quantitative estimate of drug-likeness (QED) is 0.259. The maximum Gasteiger partial charge on any atom is 0.315 e. The molecule has 3 rings (SSSR count). The Morgan fingerprint density at radius 1 is 1.07 bits per heavy atom. The molecule has 3 aromatic carbocycles. The fourth-order valence-electron chi connectivity index (χ4n) is 2.68. The molecule has 0 saturated carbocycles. The molecule has 0 bridgehead atoms. The second kappa shape index (κ2) is 8.54. The van der Waals surface area contributed by atoms with Gasteiger partial charge in [0.05, 0.1) is 22.1 Å². The Bertz CT molecular complexity index is 999. The van der Waals surface area contributed by atoms with Crippen molar-refractivity contribution < 1.29 is 14.5 Å². The number of carbonyl (C=O) groups is 1. The molecule has 0 atom stereocenters. The van der Waals surface area contributed by atoms with E-state index in [1.165, 1.54) is 24.3 Å². The van der Waals surface area contributed by atoms with Crippen LogP contribution in [0.2, 0.25) is 5.02 Å². The minimum Gasteiger partial charge on any atom is -0.426 e. The number of halogens is 1. The minimum atomic E-state index is -0.510. The number of non-ortho nitro benzene ring substituents is 1. The van der Waals surface area contributed by atoms with Crippen LogP contribution in [0.25, 0.3) is 0 Å². The number of nitro groups is 1. The monoisotopic (exact) mass is 396 g/mol. The number of nitrogens with one attached hydrogen (secondary N) is 1. The summed E-state index contributed by atoms with van der Waals surface area (Å²) < 4.78 is 5.29. The molecule has 0 aliphatic heterocycles. The summed E-state index contributed by atoms with van der Waals surface area (Å²) in [6.45, 7) is 1.94. The number of rotatable bonds is 6. The van der Waals surface area contributed by atoms with Crippen LogP contribution in [0.1, 0.15) is 11.1 Å². The molecule has 7 heteroatoms. The van der Waals surface area contributed by atoms with E-state index < -0.39 is 10.9 Å². The normalized spacial score (nSPS) is 10.4. The van der Waals surface area contributed by atoms with Gasteiger partial charge in [0, 0.05) is 17.8 Å². The van der Waals surface area contributed by atoms with Gasteiger partial charge in [-0.05, 0) is 42.3 Å². The molecule has 0 heterocycles. The van der Waals surface area contributed by atoms with Crippen molar-refractivity contribution in [3.63, 3.8) is 0 Å². The number of para-hydroxylation sites is 2. The van der Waals surface area contributed by atoms with E-state index in [0.717, 1.165) is 22.5 Å². The van der Waals surface area contributed by atoms with Gasteiger partial charge in [0.2, 0.25) is 0 Å². The lowest BCUT2D eigenvalue weighted by Gasteiger charge is -2.15. The molecule has 0 fully saturated rings. The van der Waals surface area contributed by atoms with Crippen LogP contribution in [0.3, 0.4) is 0 Å². The molecule has 28 heavy (non-hydrogen) atoms. The van der Waals surface area contributed by atoms with Crippen molar-refractivity contribution in [3.05, 3.63) is 93.0 Å². The molecule has 0 radical (unpaired) electrons. The molecular formula is C21H17ClN2O4. The zero-order chi connectivity index (χ0) is 20.1. The van der Waals surface area contributed by atoms with Crippen molar-refractivity contribution in [2.24, 2.45) is 0 Å². The van der Waals surface area contributed by atoms with Gasteiger partial charge in [-0.25, -0.2) is 0 Å². The third-order valence-corrected chi connectivity index (χ3v) is 4.43. The first-order valence-electron chi connectivity index (χ1n) is 8.49. The van der Waals surface area contributed by atoms with E-state index in [0.29, 0.717) is 5.02 Å². The van der Waals surface area contributed by atoms with Crippen LogP contribution >= 0.6 is 11.6 Å². The Kier molecular flexibility index (Phi) is 5.91. The Balaban J connectivity index is 1.74. The molecule has 0 aliphatic rings. The average Bonchev–Trinajstić information content (AvgIpc) is 2.66. The summed E-state index contributed by atoms with van der Waals surface area (Å²) in [6, 6.07) is 18.4. The summed E-state index contributed by atoms with van der Waals surface area (Å²) in [7, 11) is 0. The van der Waals surface area contributed by atoms with Gasteiger partial charge >= 0.3 is 5.97 Å². The maximum absolute atomic E-state index is 12.3. The van der Waals surface area contributed by atoms with E-state index in [9.17, 15) is 14.9 Å². The molecule has 142 valence electrons. The minimum absolute atomic E-state index is 0.0314. The molecule has 0 amide bonds. The Labute approximate surface area is 166 Å². The fourth-order valence-corrected chi connectivity index (χ4v) is 2.95.